The van der Waals surface area contributed by atoms with Crippen molar-refractivity contribution >= 4 is 33.7 Å². The van der Waals surface area contributed by atoms with Crippen molar-refractivity contribution in [1.82, 2.24) is 9.55 Å². The van der Waals surface area contributed by atoms with Gasteiger partial charge in [-0.05, 0) is 43.3 Å². The third kappa shape index (κ3) is 7.13. The lowest BCUT2D eigenvalue weighted by Gasteiger charge is -2.30. The van der Waals surface area contributed by atoms with Crippen molar-refractivity contribution in [3.8, 4) is 0 Å². The summed E-state index contributed by atoms with van der Waals surface area (Å²) in [6.45, 7) is 11.6. The molecule has 232 valence electrons. The van der Waals surface area contributed by atoms with Gasteiger partial charge in [0.1, 0.15) is 11.3 Å². The number of benzene rings is 2. The minimum Gasteiger partial charge on any atom is -0.423 e. The van der Waals surface area contributed by atoms with Crippen LogP contribution in [0.15, 0.2) is 40.8 Å². The van der Waals surface area contributed by atoms with Crippen molar-refractivity contribution in [2.24, 2.45) is 0 Å². The summed E-state index contributed by atoms with van der Waals surface area (Å²) in [6.07, 6.45) is 0.855. The highest BCUT2D eigenvalue weighted by Crippen LogP contribution is 2.35. The first kappa shape index (κ1) is 29.8. The number of fused-ring (bicyclic) bond motifs is 4. The van der Waals surface area contributed by atoms with Crippen LogP contribution in [0.5, 0.6) is 0 Å². The molecule has 11 heteroatoms. The van der Waals surface area contributed by atoms with E-state index in [2.05, 4.69) is 26.5 Å². The fraction of sp³-hybridized carbons (Fsp3) is 0.531. The maximum Gasteiger partial charge on any atom is 0.298 e. The molecule has 0 radical (unpaired) electrons. The Morgan fingerprint density at radius 3 is 2.35 bits per heavy atom. The number of ether oxygens (including phenoxy) is 5. The monoisotopic (exact) mass is 596 g/mol. The van der Waals surface area contributed by atoms with Crippen molar-refractivity contribution in [2.45, 2.75) is 26.4 Å². The highest BCUT2D eigenvalue weighted by atomic mass is 19.1. The van der Waals surface area contributed by atoms with Crippen LogP contribution in [0.1, 0.15) is 18.2 Å². The summed E-state index contributed by atoms with van der Waals surface area (Å²) in [4.78, 5) is 9.28. The van der Waals surface area contributed by atoms with E-state index in [9.17, 15) is 4.39 Å². The molecule has 43 heavy (non-hydrogen) atoms. The Morgan fingerprint density at radius 2 is 1.58 bits per heavy atom. The molecule has 0 spiro atoms. The quantitative estimate of drug-likeness (QED) is 0.185. The first-order valence-electron chi connectivity index (χ1n) is 15.3. The van der Waals surface area contributed by atoms with Crippen LogP contribution in [0.25, 0.3) is 22.0 Å². The average molecular weight is 597 g/mol. The van der Waals surface area contributed by atoms with E-state index in [-0.39, 0.29) is 5.82 Å². The van der Waals surface area contributed by atoms with Crippen LogP contribution >= 0.6 is 0 Å². The molecule has 4 aromatic rings. The highest BCUT2D eigenvalue weighted by Gasteiger charge is 2.25. The molecule has 1 saturated heterocycles. The van der Waals surface area contributed by atoms with Crippen molar-refractivity contribution in [1.29, 1.82) is 0 Å². The molecule has 0 unspecified atom stereocenters. The van der Waals surface area contributed by atoms with Gasteiger partial charge in [-0.25, -0.2) is 4.39 Å². The van der Waals surface area contributed by atoms with Gasteiger partial charge in [-0.1, -0.05) is 0 Å². The highest BCUT2D eigenvalue weighted by molar-refractivity contribution is 5.87. The fourth-order valence-corrected chi connectivity index (χ4v) is 5.85. The van der Waals surface area contributed by atoms with Gasteiger partial charge in [0, 0.05) is 68.1 Å². The topological polar surface area (TPSA) is 83.6 Å². The number of morpholine rings is 1. The Labute approximate surface area is 251 Å². The molecule has 0 amide bonds. The molecule has 2 aromatic carbocycles. The maximum atomic E-state index is 14.4. The number of hydrogen-bond donors (Lipinski definition) is 0. The predicted octanol–water partition coefficient (Wildman–Crippen LogP) is 4.41. The standard InChI is InChI=1S/C32H41FN4O6/c1-2-38-15-16-41-19-20-42-18-17-40-14-11-37-29-7-8-36(23-27(29)26-5-3-24(33)21-30(26)37)25-4-6-31-28(22-25)34-32(43-31)35-9-12-39-13-10-35/h3-6,21-22H,2,7-20,23H2,1H3. The molecule has 2 aliphatic heterocycles. The van der Waals surface area contributed by atoms with Crippen molar-refractivity contribution in [3.05, 3.63) is 53.5 Å². The fourth-order valence-electron chi connectivity index (χ4n) is 5.85. The van der Waals surface area contributed by atoms with Gasteiger partial charge >= 0.3 is 0 Å². The number of hydrogen-bond acceptors (Lipinski definition) is 9. The SMILES string of the molecule is CCOCCOCCOCCOCCn1c2c(c3ccc(F)cc31)CN(c1ccc3oc(N4CCOCC4)nc3c1)CC2. The Balaban J connectivity index is 1.07. The molecule has 0 saturated carbocycles. The molecule has 0 bridgehead atoms. The van der Waals surface area contributed by atoms with Crippen LogP contribution in [0.4, 0.5) is 16.1 Å². The van der Waals surface area contributed by atoms with Gasteiger partial charge in [0.25, 0.3) is 6.01 Å². The van der Waals surface area contributed by atoms with E-state index in [0.717, 1.165) is 60.3 Å². The van der Waals surface area contributed by atoms with E-state index in [4.69, 9.17) is 33.1 Å². The van der Waals surface area contributed by atoms with Crippen LogP contribution in [-0.2, 0) is 43.2 Å². The van der Waals surface area contributed by atoms with Gasteiger partial charge < -0.3 is 42.5 Å². The number of nitrogens with zero attached hydrogens (tertiary/aromatic N) is 4. The summed E-state index contributed by atoms with van der Waals surface area (Å²) >= 11 is 0. The van der Waals surface area contributed by atoms with E-state index in [1.807, 2.05) is 19.1 Å². The van der Waals surface area contributed by atoms with Gasteiger partial charge in [0.05, 0.1) is 65.0 Å². The van der Waals surface area contributed by atoms with Crippen LogP contribution in [0, 0.1) is 5.82 Å². The molecular weight excluding hydrogens is 555 g/mol. The minimum atomic E-state index is -0.231. The third-order valence-corrected chi connectivity index (χ3v) is 8.00. The van der Waals surface area contributed by atoms with E-state index in [1.54, 1.807) is 12.1 Å². The number of halogens is 1. The summed E-state index contributed by atoms with van der Waals surface area (Å²) in [5, 5.41) is 1.09. The molecule has 6 rings (SSSR count). The summed E-state index contributed by atoms with van der Waals surface area (Å²) in [5.74, 6) is -0.231. The molecule has 4 heterocycles. The lowest BCUT2D eigenvalue weighted by Crippen LogP contribution is -2.36. The Kier molecular flexibility index (Phi) is 10.1. The van der Waals surface area contributed by atoms with Gasteiger partial charge in [-0.15, -0.1) is 0 Å². The van der Waals surface area contributed by atoms with Gasteiger partial charge in [0.15, 0.2) is 5.58 Å². The number of aromatic nitrogens is 2. The first-order valence-corrected chi connectivity index (χ1v) is 15.3. The second kappa shape index (κ2) is 14.5. The summed E-state index contributed by atoms with van der Waals surface area (Å²) in [5.41, 5.74) is 6.14. The van der Waals surface area contributed by atoms with E-state index in [0.29, 0.717) is 78.6 Å². The zero-order valence-corrected chi connectivity index (χ0v) is 24.9. The smallest absolute Gasteiger partial charge is 0.298 e. The molecular formula is C32H41FN4O6. The molecule has 2 aromatic heterocycles. The van der Waals surface area contributed by atoms with Crippen LogP contribution in [0.2, 0.25) is 0 Å². The number of anilines is 2. The van der Waals surface area contributed by atoms with Crippen LogP contribution in [-0.4, -0.2) is 95.3 Å². The summed E-state index contributed by atoms with van der Waals surface area (Å²) < 4.78 is 50.3. The molecule has 1 fully saturated rings. The molecule has 10 nitrogen and oxygen atoms in total. The molecule has 0 aliphatic carbocycles. The summed E-state index contributed by atoms with van der Waals surface area (Å²) in [7, 11) is 0. The summed E-state index contributed by atoms with van der Waals surface area (Å²) in [6, 6.07) is 12.0. The van der Waals surface area contributed by atoms with E-state index >= 15 is 0 Å². The Morgan fingerprint density at radius 1 is 0.837 bits per heavy atom. The second-order valence-electron chi connectivity index (χ2n) is 10.7. The third-order valence-electron chi connectivity index (χ3n) is 8.00. The number of oxazole rings is 1. The van der Waals surface area contributed by atoms with Gasteiger partial charge in [-0.3, -0.25) is 0 Å². The Bertz CT molecular complexity index is 1480. The molecule has 0 N–H and O–H groups in total. The van der Waals surface area contributed by atoms with Crippen LogP contribution in [0.3, 0.4) is 0 Å². The van der Waals surface area contributed by atoms with Gasteiger partial charge in [-0.2, -0.15) is 4.98 Å². The molecule has 0 atom stereocenters. The lowest BCUT2D eigenvalue weighted by molar-refractivity contribution is -0.00122. The van der Waals surface area contributed by atoms with Crippen molar-refractivity contribution in [3.63, 3.8) is 0 Å². The number of rotatable bonds is 15. The average Bonchev–Trinajstić information content (AvgIpc) is 3.60. The second-order valence-corrected chi connectivity index (χ2v) is 10.7. The normalized spacial score (nSPS) is 15.6. The van der Waals surface area contributed by atoms with Gasteiger partial charge in [0.2, 0.25) is 0 Å². The molecule has 2 aliphatic rings. The van der Waals surface area contributed by atoms with E-state index < -0.39 is 0 Å². The lowest BCUT2D eigenvalue weighted by atomic mass is 10.0. The van der Waals surface area contributed by atoms with Crippen molar-refractivity contribution < 1.29 is 32.5 Å². The first-order chi connectivity index (χ1) is 21.2. The zero-order valence-electron chi connectivity index (χ0n) is 24.9. The van der Waals surface area contributed by atoms with Crippen molar-refractivity contribution in [2.75, 3.05) is 95.5 Å². The Hall–Kier alpha value is -3.22. The maximum absolute atomic E-state index is 14.4. The minimum absolute atomic E-state index is 0.231. The van der Waals surface area contributed by atoms with E-state index in [1.165, 1.54) is 11.3 Å². The van der Waals surface area contributed by atoms with Crippen LogP contribution < -0.4 is 9.80 Å². The largest absolute Gasteiger partial charge is 0.423 e. The predicted molar refractivity (Wildman–Crippen MR) is 163 cm³/mol. The zero-order chi connectivity index (χ0) is 29.4.